The molecule has 0 bridgehead atoms. The molecule has 0 amide bonds. The summed E-state index contributed by atoms with van der Waals surface area (Å²) in [6, 6.07) is 19.0. The van der Waals surface area contributed by atoms with Crippen LogP contribution in [0.5, 0.6) is 0 Å². The van der Waals surface area contributed by atoms with Crippen molar-refractivity contribution in [3.8, 4) is 0 Å². The zero-order chi connectivity index (χ0) is 31.8. The van der Waals surface area contributed by atoms with Gasteiger partial charge in [-0.3, -0.25) is 0 Å². The van der Waals surface area contributed by atoms with E-state index >= 15 is 0 Å². The van der Waals surface area contributed by atoms with Gasteiger partial charge in [-0.1, -0.05) is 90.3 Å². The third-order valence-corrected chi connectivity index (χ3v) is 13.3. The Hall–Kier alpha value is -2.62. The number of ether oxygens (including phenoxy) is 2. The highest BCUT2D eigenvalue weighted by Crippen LogP contribution is 2.69. The van der Waals surface area contributed by atoms with Crippen LogP contribution in [0.25, 0.3) is 0 Å². The van der Waals surface area contributed by atoms with Crippen LogP contribution in [0.1, 0.15) is 126 Å². The number of rotatable bonds is 9. The van der Waals surface area contributed by atoms with Crippen molar-refractivity contribution in [2.24, 2.45) is 52.3 Å². The normalized spacial score (nSPS) is 36.4. The van der Waals surface area contributed by atoms with Gasteiger partial charge >= 0.3 is 11.9 Å². The van der Waals surface area contributed by atoms with Gasteiger partial charge in [-0.2, -0.15) is 0 Å². The quantitative estimate of drug-likeness (QED) is 0.264. The van der Waals surface area contributed by atoms with E-state index in [-0.39, 0.29) is 35.0 Å². The zero-order valence-electron chi connectivity index (χ0n) is 28.4. The Balaban J connectivity index is 1.21. The minimum absolute atomic E-state index is 0.00307. The maximum absolute atomic E-state index is 13.5. The largest absolute Gasteiger partial charge is 0.459 e. The summed E-state index contributed by atoms with van der Waals surface area (Å²) in [4.78, 5) is 26.4. The van der Waals surface area contributed by atoms with Crippen LogP contribution in [0.2, 0.25) is 0 Å². The number of hydrogen-bond acceptors (Lipinski definition) is 4. The van der Waals surface area contributed by atoms with Crippen LogP contribution in [0, 0.1) is 52.3 Å². The van der Waals surface area contributed by atoms with Crippen LogP contribution in [0.4, 0.5) is 0 Å². The van der Waals surface area contributed by atoms with Gasteiger partial charge in [0.15, 0.2) is 0 Å². The molecule has 4 heteroatoms. The molecule has 0 heterocycles. The second kappa shape index (κ2) is 13.2. The highest BCUT2D eigenvalue weighted by atomic mass is 16.5. The first-order valence-electron chi connectivity index (χ1n) is 18.1. The zero-order valence-corrected chi connectivity index (χ0v) is 28.4. The Bertz CT molecular complexity index is 1310. The van der Waals surface area contributed by atoms with Gasteiger partial charge in [-0.25, -0.2) is 9.59 Å². The van der Waals surface area contributed by atoms with Gasteiger partial charge < -0.3 is 9.47 Å². The first-order chi connectivity index (χ1) is 21.6. The Kier molecular flexibility index (Phi) is 9.51. The molecule has 0 N–H and O–H groups in total. The number of hydrogen-bond donors (Lipinski definition) is 0. The van der Waals surface area contributed by atoms with Gasteiger partial charge in [0.05, 0.1) is 11.1 Å². The lowest BCUT2D eigenvalue weighted by Crippen LogP contribution is -2.56. The second-order valence-corrected chi connectivity index (χ2v) is 16.2. The van der Waals surface area contributed by atoms with Crippen molar-refractivity contribution < 1.29 is 19.1 Å². The average Bonchev–Trinajstić information content (AvgIpc) is 3.33. The summed E-state index contributed by atoms with van der Waals surface area (Å²) in [5, 5.41) is 0. The Labute approximate surface area is 272 Å². The SMILES string of the molecule is CC(C)CCCC(C)C1CC(OC(=O)c2ccccc2)C2C3CCC4CC(OC(=O)c5ccccc5)CCC4(C)C3CCC12C. The summed E-state index contributed by atoms with van der Waals surface area (Å²) in [5.74, 6) is 3.82. The smallest absolute Gasteiger partial charge is 0.338 e. The molecule has 244 valence electrons. The summed E-state index contributed by atoms with van der Waals surface area (Å²) in [7, 11) is 0. The van der Waals surface area contributed by atoms with Crippen LogP contribution < -0.4 is 0 Å². The van der Waals surface area contributed by atoms with Gasteiger partial charge in [-0.15, -0.1) is 0 Å². The van der Waals surface area contributed by atoms with Crippen molar-refractivity contribution in [3.63, 3.8) is 0 Å². The van der Waals surface area contributed by atoms with E-state index in [0.29, 0.717) is 46.6 Å². The molecule has 0 aliphatic heterocycles. The molecule has 0 spiro atoms. The summed E-state index contributed by atoms with van der Waals surface area (Å²) < 4.78 is 12.7. The van der Waals surface area contributed by atoms with E-state index in [4.69, 9.17) is 9.47 Å². The Morgan fingerprint density at radius 2 is 1.38 bits per heavy atom. The summed E-state index contributed by atoms with van der Waals surface area (Å²) in [6.45, 7) is 12.3. The molecule has 4 nitrogen and oxygen atoms in total. The maximum Gasteiger partial charge on any atom is 0.338 e. The molecule has 4 saturated carbocycles. The number of benzene rings is 2. The van der Waals surface area contributed by atoms with E-state index in [2.05, 4.69) is 34.6 Å². The van der Waals surface area contributed by atoms with E-state index in [9.17, 15) is 9.59 Å². The molecular formula is C41H56O4. The number of carbonyl (C=O) groups is 2. The molecule has 2 aromatic carbocycles. The second-order valence-electron chi connectivity index (χ2n) is 16.2. The Morgan fingerprint density at radius 1 is 0.756 bits per heavy atom. The standard InChI is InChI=1S/C41H56O4/c1-27(2)13-12-14-28(3)35-26-36(45-39(43)30-17-10-7-11-18-30)37-33-20-19-31-25-32(44-38(42)29-15-8-6-9-16-29)21-23-40(31,4)34(33)22-24-41(35,37)5/h6-11,15-18,27-28,31-37H,12-14,19-26H2,1-5H3. The van der Waals surface area contributed by atoms with Gasteiger partial charge in [-0.05, 0) is 122 Å². The average molecular weight is 613 g/mol. The summed E-state index contributed by atoms with van der Waals surface area (Å²) in [5.41, 5.74) is 1.76. The minimum Gasteiger partial charge on any atom is -0.459 e. The topological polar surface area (TPSA) is 52.6 Å². The van der Waals surface area contributed by atoms with Crippen LogP contribution in [-0.4, -0.2) is 24.1 Å². The first-order valence-corrected chi connectivity index (χ1v) is 18.1. The molecule has 4 fully saturated rings. The van der Waals surface area contributed by atoms with Crippen LogP contribution in [0.15, 0.2) is 60.7 Å². The van der Waals surface area contributed by atoms with E-state index in [1.807, 2.05) is 60.7 Å². The molecule has 0 saturated heterocycles. The predicted molar refractivity (Wildman–Crippen MR) is 180 cm³/mol. The molecular weight excluding hydrogens is 556 g/mol. The van der Waals surface area contributed by atoms with Crippen molar-refractivity contribution >= 4 is 11.9 Å². The van der Waals surface area contributed by atoms with E-state index in [0.717, 1.165) is 31.6 Å². The van der Waals surface area contributed by atoms with Crippen LogP contribution in [-0.2, 0) is 9.47 Å². The van der Waals surface area contributed by atoms with Crippen molar-refractivity contribution in [1.29, 1.82) is 0 Å². The maximum atomic E-state index is 13.5. The highest BCUT2D eigenvalue weighted by molar-refractivity contribution is 5.89. The highest BCUT2D eigenvalue weighted by Gasteiger charge is 2.64. The lowest BCUT2D eigenvalue weighted by Gasteiger charge is -2.61. The lowest BCUT2D eigenvalue weighted by molar-refractivity contribution is -0.144. The Morgan fingerprint density at radius 3 is 2.02 bits per heavy atom. The molecule has 2 aromatic rings. The molecule has 45 heavy (non-hydrogen) atoms. The van der Waals surface area contributed by atoms with Gasteiger partial charge in [0.25, 0.3) is 0 Å². The first kappa shape index (κ1) is 32.3. The van der Waals surface area contributed by atoms with Crippen LogP contribution in [0.3, 0.4) is 0 Å². The molecule has 4 aliphatic carbocycles. The van der Waals surface area contributed by atoms with Crippen molar-refractivity contribution in [1.82, 2.24) is 0 Å². The molecule has 0 aromatic heterocycles. The minimum atomic E-state index is -0.186. The molecule has 0 radical (unpaired) electrons. The molecule has 10 unspecified atom stereocenters. The fourth-order valence-corrected chi connectivity index (χ4v) is 11.0. The van der Waals surface area contributed by atoms with Gasteiger partial charge in [0, 0.05) is 5.92 Å². The van der Waals surface area contributed by atoms with Crippen molar-refractivity contribution in [2.75, 3.05) is 0 Å². The summed E-state index contributed by atoms with van der Waals surface area (Å²) in [6.07, 6.45) is 12.7. The third-order valence-electron chi connectivity index (χ3n) is 13.3. The van der Waals surface area contributed by atoms with Crippen LogP contribution >= 0.6 is 0 Å². The van der Waals surface area contributed by atoms with E-state index in [1.165, 1.54) is 44.9 Å². The third kappa shape index (κ3) is 6.37. The van der Waals surface area contributed by atoms with Crippen molar-refractivity contribution in [3.05, 3.63) is 71.8 Å². The van der Waals surface area contributed by atoms with Gasteiger partial charge in [0.1, 0.15) is 12.2 Å². The number of esters is 2. The lowest BCUT2D eigenvalue weighted by atomic mass is 9.44. The fourth-order valence-electron chi connectivity index (χ4n) is 11.0. The van der Waals surface area contributed by atoms with E-state index in [1.54, 1.807) is 0 Å². The molecule has 10 atom stereocenters. The number of fused-ring (bicyclic) bond motifs is 5. The molecule has 4 aliphatic rings. The monoisotopic (exact) mass is 612 g/mol. The number of carbonyl (C=O) groups excluding carboxylic acids is 2. The van der Waals surface area contributed by atoms with E-state index < -0.39 is 0 Å². The predicted octanol–water partition coefficient (Wildman–Crippen LogP) is 10.2. The molecule has 6 rings (SSSR count). The fraction of sp³-hybridized carbons (Fsp3) is 0.659. The van der Waals surface area contributed by atoms with Gasteiger partial charge in [0.2, 0.25) is 0 Å². The summed E-state index contributed by atoms with van der Waals surface area (Å²) >= 11 is 0. The van der Waals surface area contributed by atoms with Crippen molar-refractivity contribution in [2.45, 2.75) is 117 Å².